The lowest BCUT2D eigenvalue weighted by molar-refractivity contribution is 0.312. The molecule has 0 spiro atoms. The summed E-state index contributed by atoms with van der Waals surface area (Å²) in [6.07, 6.45) is 1.83. The molecule has 0 saturated carbocycles. The van der Waals surface area contributed by atoms with Crippen LogP contribution in [0.1, 0.15) is 6.92 Å². The van der Waals surface area contributed by atoms with Crippen molar-refractivity contribution in [3.63, 3.8) is 0 Å². The molecule has 0 aliphatic carbocycles. The fraction of sp³-hybridized carbons (Fsp3) is 0.400. The summed E-state index contributed by atoms with van der Waals surface area (Å²) in [5, 5.41) is 10.0. The topological polar surface area (TPSA) is 89.8 Å². The van der Waals surface area contributed by atoms with Crippen LogP contribution >= 0.6 is 0 Å². The van der Waals surface area contributed by atoms with Gasteiger partial charge in [-0.1, -0.05) is 0 Å². The van der Waals surface area contributed by atoms with E-state index in [0.29, 0.717) is 24.3 Å². The van der Waals surface area contributed by atoms with Crippen LogP contribution in [0, 0.1) is 0 Å². The first-order chi connectivity index (χ1) is 8.71. The van der Waals surface area contributed by atoms with E-state index in [4.69, 9.17) is 4.74 Å². The van der Waals surface area contributed by atoms with Gasteiger partial charge >= 0.3 is 6.01 Å². The van der Waals surface area contributed by atoms with Crippen molar-refractivity contribution < 1.29 is 4.74 Å². The monoisotopic (exact) mass is 249 g/mol. The highest BCUT2D eigenvalue weighted by Crippen LogP contribution is 2.14. The standard InChI is InChI=1S/C10H15N7O/c1-4-18-10-14-8(11-2)13-9(15-10)12-7-5-6-17(3)16-7/h5-6H,4H2,1-3H3,(H2,11,12,13,14,15,16). The maximum Gasteiger partial charge on any atom is 0.323 e. The Labute approximate surface area is 104 Å². The van der Waals surface area contributed by atoms with Gasteiger partial charge < -0.3 is 15.4 Å². The van der Waals surface area contributed by atoms with E-state index in [1.54, 1.807) is 11.7 Å². The highest BCUT2D eigenvalue weighted by atomic mass is 16.5. The van der Waals surface area contributed by atoms with Crippen LogP contribution in [0.5, 0.6) is 6.01 Å². The van der Waals surface area contributed by atoms with Gasteiger partial charge in [-0.25, -0.2) is 0 Å². The van der Waals surface area contributed by atoms with Crippen molar-refractivity contribution in [2.45, 2.75) is 6.92 Å². The zero-order valence-corrected chi connectivity index (χ0v) is 10.5. The summed E-state index contributed by atoms with van der Waals surface area (Å²) in [6.45, 7) is 2.37. The lowest BCUT2D eigenvalue weighted by atomic mass is 10.6. The fourth-order valence-electron chi connectivity index (χ4n) is 1.31. The first-order valence-corrected chi connectivity index (χ1v) is 5.54. The van der Waals surface area contributed by atoms with Crippen molar-refractivity contribution in [1.29, 1.82) is 0 Å². The van der Waals surface area contributed by atoms with E-state index in [1.165, 1.54) is 0 Å². The molecule has 0 saturated heterocycles. The summed E-state index contributed by atoms with van der Waals surface area (Å²) in [6, 6.07) is 2.10. The van der Waals surface area contributed by atoms with Crippen molar-refractivity contribution in [1.82, 2.24) is 24.7 Å². The first-order valence-electron chi connectivity index (χ1n) is 5.54. The molecule has 0 unspecified atom stereocenters. The van der Waals surface area contributed by atoms with Crippen molar-refractivity contribution in [3.05, 3.63) is 12.3 Å². The molecule has 2 N–H and O–H groups in total. The Morgan fingerprint density at radius 2 is 2.06 bits per heavy atom. The SMILES string of the molecule is CCOc1nc(NC)nc(Nc2ccn(C)n2)n1. The van der Waals surface area contributed by atoms with Gasteiger partial charge in [0.05, 0.1) is 6.61 Å². The second-order valence-electron chi connectivity index (χ2n) is 3.45. The van der Waals surface area contributed by atoms with Crippen LogP contribution in [-0.4, -0.2) is 38.4 Å². The molecule has 0 aliphatic heterocycles. The number of aryl methyl sites for hydroxylation is 1. The van der Waals surface area contributed by atoms with E-state index >= 15 is 0 Å². The maximum absolute atomic E-state index is 5.26. The van der Waals surface area contributed by atoms with Crippen LogP contribution in [0.15, 0.2) is 12.3 Å². The summed E-state index contributed by atoms with van der Waals surface area (Å²) < 4.78 is 6.95. The van der Waals surface area contributed by atoms with E-state index in [9.17, 15) is 0 Å². The van der Waals surface area contributed by atoms with E-state index < -0.39 is 0 Å². The van der Waals surface area contributed by atoms with Crippen LogP contribution in [0.4, 0.5) is 17.7 Å². The molecule has 8 nitrogen and oxygen atoms in total. The molecule has 96 valence electrons. The molecular formula is C10H15N7O. The Morgan fingerprint density at radius 1 is 1.28 bits per heavy atom. The first kappa shape index (κ1) is 12.1. The van der Waals surface area contributed by atoms with Gasteiger partial charge in [-0.2, -0.15) is 20.1 Å². The largest absolute Gasteiger partial charge is 0.464 e. The molecule has 0 atom stereocenters. The molecule has 2 rings (SSSR count). The van der Waals surface area contributed by atoms with Crippen molar-refractivity contribution in [2.24, 2.45) is 7.05 Å². The lowest BCUT2D eigenvalue weighted by Gasteiger charge is -2.06. The van der Waals surface area contributed by atoms with E-state index in [2.05, 4.69) is 30.7 Å². The summed E-state index contributed by atoms with van der Waals surface area (Å²) in [7, 11) is 3.57. The third-order valence-corrected chi connectivity index (χ3v) is 2.07. The number of anilines is 3. The number of nitrogens with zero attached hydrogens (tertiary/aromatic N) is 5. The van der Waals surface area contributed by atoms with E-state index in [0.717, 1.165) is 0 Å². The third kappa shape index (κ3) is 2.84. The minimum absolute atomic E-state index is 0.273. The van der Waals surface area contributed by atoms with Gasteiger partial charge in [0.25, 0.3) is 0 Å². The van der Waals surface area contributed by atoms with Gasteiger partial charge in [0, 0.05) is 26.4 Å². The average molecular weight is 249 g/mol. The van der Waals surface area contributed by atoms with Crippen LogP contribution in [-0.2, 0) is 7.05 Å². The summed E-state index contributed by atoms with van der Waals surface area (Å²) in [5.74, 6) is 1.48. The fourth-order valence-corrected chi connectivity index (χ4v) is 1.31. The Hall–Kier alpha value is -2.38. The molecule has 2 aromatic heterocycles. The minimum Gasteiger partial charge on any atom is -0.464 e. The van der Waals surface area contributed by atoms with Gasteiger partial charge in [-0.15, -0.1) is 0 Å². The van der Waals surface area contributed by atoms with Gasteiger partial charge in [-0.05, 0) is 6.92 Å². The van der Waals surface area contributed by atoms with Crippen molar-refractivity contribution in [3.8, 4) is 6.01 Å². The number of rotatable bonds is 5. The summed E-state index contributed by atoms with van der Waals surface area (Å²) in [5.41, 5.74) is 0. The second kappa shape index (κ2) is 5.30. The quantitative estimate of drug-likeness (QED) is 0.809. The lowest BCUT2D eigenvalue weighted by Crippen LogP contribution is -2.07. The normalized spacial score (nSPS) is 10.2. The number of nitrogens with one attached hydrogen (secondary N) is 2. The molecule has 0 radical (unpaired) electrons. The zero-order valence-electron chi connectivity index (χ0n) is 10.5. The van der Waals surface area contributed by atoms with Gasteiger partial charge in [0.15, 0.2) is 5.82 Å². The molecule has 0 aromatic carbocycles. The molecule has 2 aromatic rings. The van der Waals surface area contributed by atoms with Gasteiger partial charge in [0.1, 0.15) is 0 Å². The minimum atomic E-state index is 0.273. The predicted molar refractivity (Wildman–Crippen MR) is 67.0 cm³/mol. The Morgan fingerprint density at radius 3 is 2.67 bits per heavy atom. The number of ether oxygens (including phenoxy) is 1. The van der Waals surface area contributed by atoms with E-state index in [1.807, 2.05) is 26.2 Å². The maximum atomic E-state index is 5.26. The number of aromatic nitrogens is 5. The highest BCUT2D eigenvalue weighted by molar-refractivity contribution is 5.48. The van der Waals surface area contributed by atoms with Crippen LogP contribution in [0.3, 0.4) is 0 Å². The van der Waals surface area contributed by atoms with Gasteiger partial charge in [0.2, 0.25) is 11.9 Å². The molecule has 0 fully saturated rings. The number of hydrogen-bond donors (Lipinski definition) is 2. The molecule has 0 bridgehead atoms. The van der Waals surface area contributed by atoms with Crippen LogP contribution in [0.2, 0.25) is 0 Å². The molecule has 18 heavy (non-hydrogen) atoms. The van der Waals surface area contributed by atoms with E-state index in [-0.39, 0.29) is 6.01 Å². The highest BCUT2D eigenvalue weighted by Gasteiger charge is 2.07. The molecular weight excluding hydrogens is 234 g/mol. The third-order valence-electron chi connectivity index (χ3n) is 2.07. The second-order valence-corrected chi connectivity index (χ2v) is 3.45. The average Bonchev–Trinajstić information content (AvgIpc) is 2.75. The van der Waals surface area contributed by atoms with Crippen LogP contribution < -0.4 is 15.4 Å². The summed E-state index contributed by atoms with van der Waals surface area (Å²) >= 11 is 0. The molecule has 8 heteroatoms. The van der Waals surface area contributed by atoms with Gasteiger partial charge in [-0.3, -0.25) is 4.68 Å². The number of hydrogen-bond acceptors (Lipinski definition) is 7. The zero-order chi connectivity index (χ0) is 13.0. The smallest absolute Gasteiger partial charge is 0.323 e. The Kier molecular flexibility index (Phi) is 3.56. The molecule has 0 amide bonds. The van der Waals surface area contributed by atoms with Crippen molar-refractivity contribution >= 4 is 17.7 Å². The molecule has 2 heterocycles. The molecule has 0 aliphatic rings. The van der Waals surface area contributed by atoms with Crippen LogP contribution in [0.25, 0.3) is 0 Å². The Balaban J connectivity index is 2.23. The Bertz CT molecular complexity index is 525. The van der Waals surface area contributed by atoms with Crippen molar-refractivity contribution in [2.75, 3.05) is 24.3 Å². The summed E-state index contributed by atoms with van der Waals surface area (Å²) in [4.78, 5) is 12.4. The predicted octanol–water partition coefficient (Wildman–Crippen LogP) is 0.789.